The van der Waals surface area contributed by atoms with E-state index in [1.165, 1.54) is 0 Å². The zero-order valence-electron chi connectivity index (χ0n) is 9.11. The number of hydrogen-bond donors (Lipinski definition) is 0. The van der Waals surface area contributed by atoms with Gasteiger partial charge in [-0.05, 0) is 0 Å². The third-order valence-electron chi connectivity index (χ3n) is 3.63. The van der Waals surface area contributed by atoms with Gasteiger partial charge in [0.15, 0.2) is 10.8 Å². The molecule has 120 valence electrons. The lowest BCUT2D eigenvalue weighted by Gasteiger charge is -2.32. The molecule has 0 aliphatic heterocycles. The molecular weight excluding hydrogens is 324 g/mol. The van der Waals surface area contributed by atoms with E-state index in [0.29, 0.717) is 0 Å². The van der Waals surface area contributed by atoms with Gasteiger partial charge in [-0.3, -0.25) is 0 Å². The van der Waals surface area contributed by atoms with Crippen molar-refractivity contribution >= 4 is 0 Å². The molecular formula is C8H4F12. The molecule has 0 atom stereocenters. The molecule has 0 aromatic heterocycles. The van der Waals surface area contributed by atoms with Gasteiger partial charge in [-0.2, -0.15) is 52.7 Å². The van der Waals surface area contributed by atoms with Crippen LogP contribution >= 0.6 is 0 Å². The average Bonchev–Trinajstić information content (AvgIpc) is 2.63. The molecule has 1 aliphatic rings. The molecule has 0 aromatic carbocycles. The Kier molecular flexibility index (Phi) is 3.16. The Labute approximate surface area is 102 Å². The number of hydrogen-bond acceptors (Lipinski definition) is 0. The van der Waals surface area contributed by atoms with Crippen LogP contribution in [0.25, 0.3) is 0 Å². The Balaban J connectivity index is 3.76. The summed E-state index contributed by atoms with van der Waals surface area (Å²) in [4.78, 5) is 0. The predicted octanol–water partition coefficient (Wildman–Crippen LogP) is 4.86. The van der Waals surface area contributed by atoms with E-state index in [1.807, 2.05) is 0 Å². The van der Waals surface area contributed by atoms with Gasteiger partial charge in [0.05, 0.1) is 0 Å². The Morgan fingerprint density at radius 1 is 0.500 bits per heavy atom. The van der Waals surface area contributed by atoms with Gasteiger partial charge in [-0.25, -0.2) is 0 Å². The molecule has 12 heteroatoms. The van der Waals surface area contributed by atoms with Crippen molar-refractivity contribution in [1.29, 1.82) is 0 Å². The van der Waals surface area contributed by atoms with Gasteiger partial charge in [-0.1, -0.05) is 6.92 Å². The lowest BCUT2D eigenvalue weighted by atomic mass is 9.89. The monoisotopic (exact) mass is 328 g/mol. The van der Waals surface area contributed by atoms with Crippen LogP contribution in [0.5, 0.6) is 0 Å². The number of rotatable bonds is 0. The molecule has 0 radical (unpaired) electrons. The fourth-order valence-electron chi connectivity index (χ4n) is 2.86. The van der Waals surface area contributed by atoms with E-state index in [9.17, 15) is 52.7 Å². The van der Waals surface area contributed by atoms with Gasteiger partial charge >= 0.3 is 24.7 Å². The van der Waals surface area contributed by atoms with Gasteiger partial charge in [0.1, 0.15) is 0 Å². The predicted molar refractivity (Wildman–Crippen MR) is 38.3 cm³/mol. The van der Waals surface area contributed by atoms with Crippen molar-refractivity contribution in [3.8, 4) is 0 Å². The molecule has 1 rings (SSSR count). The van der Waals surface area contributed by atoms with Crippen LogP contribution in [0.2, 0.25) is 0 Å². The largest absolute Gasteiger partial charge is 0.404 e. The number of alkyl halides is 12. The van der Waals surface area contributed by atoms with Crippen LogP contribution in [0.15, 0.2) is 0 Å². The molecule has 0 N–H and O–H groups in total. The van der Waals surface area contributed by atoms with E-state index >= 15 is 0 Å². The first-order valence-electron chi connectivity index (χ1n) is 4.67. The van der Waals surface area contributed by atoms with Crippen LogP contribution in [0.4, 0.5) is 52.7 Å². The molecule has 0 heterocycles. The van der Waals surface area contributed by atoms with Crippen LogP contribution in [0, 0.1) is 16.7 Å². The van der Waals surface area contributed by atoms with Crippen LogP contribution in [0.3, 0.4) is 0 Å². The quantitative estimate of drug-likeness (QED) is 0.557. The van der Waals surface area contributed by atoms with Gasteiger partial charge in [0.25, 0.3) is 0 Å². The number of halogens is 12. The van der Waals surface area contributed by atoms with Crippen LogP contribution in [0.1, 0.15) is 6.92 Å². The first kappa shape index (κ1) is 17.2. The summed E-state index contributed by atoms with van der Waals surface area (Å²) in [5.74, 6) is -3.75. The topological polar surface area (TPSA) is 0 Å². The van der Waals surface area contributed by atoms with Gasteiger partial charge in [-0.15, -0.1) is 0 Å². The summed E-state index contributed by atoms with van der Waals surface area (Å²) in [7, 11) is 0. The molecule has 0 unspecified atom stereocenters. The smallest absolute Gasteiger partial charge is 0.170 e. The second-order valence-electron chi connectivity index (χ2n) is 4.33. The summed E-state index contributed by atoms with van der Waals surface area (Å²) in [6.45, 7) is -0.359. The van der Waals surface area contributed by atoms with E-state index in [1.54, 1.807) is 0 Å². The van der Waals surface area contributed by atoms with Crippen molar-refractivity contribution in [3.63, 3.8) is 0 Å². The Morgan fingerprint density at radius 3 is 0.700 bits per heavy atom. The summed E-state index contributed by atoms with van der Waals surface area (Å²) in [5.41, 5.74) is -11.8. The van der Waals surface area contributed by atoms with Gasteiger partial charge < -0.3 is 0 Å². The fraction of sp³-hybridized carbons (Fsp3) is 1.00. The molecule has 0 aromatic rings. The summed E-state index contributed by atoms with van der Waals surface area (Å²) >= 11 is 0. The Bertz CT molecular complexity index is 324. The second-order valence-corrected chi connectivity index (χ2v) is 4.33. The molecule has 1 fully saturated rings. The first-order valence-corrected chi connectivity index (χ1v) is 4.67. The molecule has 1 saturated carbocycles. The van der Waals surface area contributed by atoms with Crippen LogP contribution in [-0.4, -0.2) is 24.7 Å². The fourth-order valence-corrected chi connectivity index (χ4v) is 2.86. The summed E-state index contributed by atoms with van der Waals surface area (Å²) in [6, 6.07) is 0. The van der Waals surface area contributed by atoms with E-state index in [4.69, 9.17) is 0 Å². The molecule has 0 nitrogen and oxygen atoms in total. The molecule has 0 amide bonds. The second kappa shape index (κ2) is 3.67. The van der Waals surface area contributed by atoms with Crippen LogP contribution in [-0.2, 0) is 0 Å². The van der Waals surface area contributed by atoms with Crippen molar-refractivity contribution in [1.82, 2.24) is 0 Å². The SMILES string of the molecule is CC1C(C(F)(F)F)(C(F)(F)F)C1(C(F)(F)F)C(F)(F)F. The molecule has 1 aliphatic carbocycles. The van der Waals surface area contributed by atoms with Crippen molar-refractivity contribution < 1.29 is 52.7 Å². The maximum absolute atomic E-state index is 12.5. The van der Waals surface area contributed by atoms with E-state index in [-0.39, 0.29) is 6.92 Å². The molecule has 0 saturated heterocycles. The molecule has 0 bridgehead atoms. The molecule has 0 spiro atoms. The lowest BCUT2D eigenvalue weighted by Crippen LogP contribution is -2.53. The summed E-state index contributed by atoms with van der Waals surface area (Å²) in [6.07, 6.45) is -27.0. The highest BCUT2D eigenvalue weighted by molar-refractivity contribution is 5.31. The minimum Gasteiger partial charge on any atom is -0.170 e. The Morgan fingerprint density at radius 2 is 0.650 bits per heavy atom. The highest BCUT2D eigenvalue weighted by Gasteiger charge is 3.08. The van der Waals surface area contributed by atoms with Gasteiger partial charge in [0.2, 0.25) is 0 Å². The maximum Gasteiger partial charge on any atom is 0.404 e. The minimum absolute atomic E-state index is 0.359. The first-order chi connectivity index (χ1) is 8.40. The zero-order valence-corrected chi connectivity index (χ0v) is 9.11. The van der Waals surface area contributed by atoms with E-state index in [2.05, 4.69) is 0 Å². The normalized spacial score (nSPS) is 23.9. The van der Waals surface area contributed by atoms with Crippen molar-refractivity contribution in [3.05, 3.63) is 0 Å². The average molecular weight is 328 g/mol. The lowest BCUT2D eigenvalue weighted by molar-refractivity contribution is -0.381. The van der Waals surface area contributed by atoms with Crippen molar-refractivity contribution in [2.45, 2.75) is 31.6 Å². The van der Waals surface area contributed by atoms with E-state index < -0.39 is 41.5 Å². The van der Waals surface area contributed by atoms with Crippen LogP contribution < -0.4 is 0 Å². The highest BCUT2D eigenvalue weighted by atomic mass is 19.4. The summed E-state index contributed by atoms with van der Waals surface area (Å²) in [5, 5.41) is 0. The standard InChI is InChI=1S/C8H4F12/c1-2-3(5(9,10)11,6(12,13)14)4(2,7(15,16)17)8(18,19)20/h2H,1H3. The summed E-state index contributed by atoms with van der Waals surface area (Å²) < 4.78 is 150. The third kappa shape index (κ3) is 1.53. The van der Waals surface area contributed by atoms with Gasteiger partial charge in [0, 0.05) is 5.92 Å². The van der Waals surface area contributed by atoms with E-state index in [0.717, 1.165) is 0 Å². The minimum atomic E-state index is -6.75. The maximum atomic E-state index is 12.5. The van der Waals surface area contributed by atoms with Crippen molar-refractivity contribution in [2.24, 2.45) is 16.7 Å². The van der Waals surface area contributed by atoms with Crippen molar-refractivity contribution in [2.75, 3.05) is 0 Å². The Hall–Kier alpha value is -0.840. The third-order valence-corrected chi connectivity index (χ3v) is 3.63. The zero-order chi connectivity index (χ0) is 16.6. The highest BCUT2D eigenvalue weighted by Crippen LogP contribution is 2.88. The molecule has 20 heavy (non-hydrogen) atoms.